The van der Waals surface area contributed by atoms with Crippen LogP contribution in [0.4, 0.5) is 28.8 Å². The SMILES string of the molecule is [B]C([B])([B])N(c1cc(OC)c(Nc2ncc(Br)c(Nc3ccc4nccnc4c3P(C)(C)=O)n2)cc1-c1cnn(C)c1)C([B])([B])[B]. The second kappa shape index (κ2) is 12.5. The fraction of sp³-hybridized carbons (Fsp3) is 0.222. The molecule has 19 heteroatoms. The average Bonchev–Trinajstić information content (AvgIpc) is 3.38. The number of benzene rings is 2. The Balaban J connectivity index is 1.60. The molecule has 0 amide bonds. The number of nitrogens with one attached hydrogen (secondary N) is 2. The first-order valence-corrected chi connectivity index (χ1v) is 17.0. The van der Waals surface area contributed by atoms with Gasteiger partial charge in [0.25, 0.3) is 0 Å². The van der Waals surface area contributed by atoms with Crippen LogP contribution in [0.1, 0.15) is 0 Å². The van der Waals surface area contributed by atoms with Crippen LogP contribution < -0.4 is 25.6 Å². The number of methoxy groups -OCH3 is 1. The standard InChI is InChI=1S/C27H23B6BrN9O2P/c1-42-13-14(11-38-42)15-9-19(21(45-2)10-20(15)43(26(28,29)30)27(31,32)33)40-25-37-12-16(34)24(41-25)39-18-6-5-17-22(36-8-7-35-17)23(18)46(3,4)44/h5-13H,1-4H3,(H2,37,39,40,41). The van der Waals surface area contributed by atoms with Crippen LogP contribution in [0.2, 0.25) is 0 Å². The van der Waals surface area contributed by atoms with Crippen molar-refractivity contribution in [3.05, 3.63) is 59.7 Å². The van der Waals surface area contributed by atoms with Crippen LogP contribution in [0.3, 0.4) is 0 Å². The smallest absolute Gasteiger partial charge is 0.229 e. The van der Waals surface area contributed by atoms with Crippen LogP contribution in [-0.4, -0.2) is 108 Å². The van der Waals surface area contributed by atoms with Gasteiger partial charge < -0.3 is 24.8 Å². The number of halogens is 1. The van der Waals surface area contributed by atoms with Gasteiger partial charge in [-0.1, -0.05) is 10.5 Å². The van der Waals surface area contributed by atoms with E-state index < -0.39 is 17.6 Å². The van der Waals surface area contributed by atoms with E-state index in [1.54, 1.807) is 80.3 Å². The lowest BCUT2D eigenvalue weighted by Crippen LogP contribution is -2.64. The summed E-state index contributed by atoms with van der Waals surface area (Å²) in [6.07, 6.45) is 8.09. The third-order valence-corrected chi connectivity index (χ3v) is 8.86. The maximum absolute atomic E-state index is 13.4. The molecule has 11 nitrogen and oxygen atoms in total. The Bertz CT molecular complexity index is 1970. The Labute approximate surface area is 283 Å². The molecule has 0 fully saturated rings. The highest BCUT2D eigenvalue weighted by Gasteiger charge is 2.32. The van der Waals surface area contributed by atoms with E-state index in [4.69, 9.17) is 51.8 Å². The second-order valence-corrected chi connectivity index (χ2v) is 15.0. The van der Waals surface area contributed by atoms with Gasteiger partial charge in [0.05, 0.1) is 87.1 Å². The van der Waals surface area contributed by atoms with Gasteiger partial charge in [-0.25, -0.2) is 4.98 Å². The van der Waals surface area contributed by atoms with Crippen LogP contribution in [0.25, 0.3) is 22.2 Å². The second-order valence-electron chi connectivity index (χ2n) is 11.0. The molecule has 2 N–H and O–H groups in total. The molecule has 0 atom stereocenters. The lowest BCUT2D eigenvalue weighted by Gasteiger charge is -2.51. The van der Waals surface area contributed by atoms with E-state index in [0.717, 1.165) is 4.90 Å². The Morgan fingerprint density at radius 1 is 0.957 bits per heavy atom. The molecule has 2 aromatic carbocycles. The summed E-state index contributed by atoms with van der Waals surface area (Å²) >= 11 is 3.51. The summed E-state index contributed by atoms with van der Waals surface area (Å²) in [6.45, 7) is 3.35. The van der Waals surface area contributed by atoms with E-state index in [1.165, 1.54) is 7.11 Å². The van der Waals surface area contributed by atoms with Crippen molar-refractivity contribution in [3.63, 3.8) is 0 Å². The Morgan fingerprint density at radius 3 is 2.26 bits per heavy atom. The molecule has 3 aromatic heterocycles. The Kier molecular flexibility index (Phi) is 9.18. The van der Waals surface area contributed by atoms with Crippen molar-refractivity contribution in [2.24, 2.45) is 7.05 Å². The number of rotatable bonds is 10. The van der Waals surface area contributed by atoms with Gasteiger partial charge in [-0.15, -0.1) is 0 Å². The molecule has 12 radical (unpaired) electrons. The fourth-order valence-corrected chi connectivity index (χ4v) is 6.68. The van der Waals surface area contributed by atoms with Gasteiger partial charge in [-0.05, 0) is 47.5 Å². The van der Waals surface area contributed by atoms with Crippen molar-refractivity contribution in [1.29, 1.82) is 0 Å². The minimum atomic E-state index is -2.82. The highest BCUT2D eigenvalue weighted by atomic mass is 79.9. The molecule has 46 heavy (non-hydrogen) atoms. The zero-order valence-corrected chi connectivity index (χ0v) is 27.9. The number of nitrogens with zero attached hydrogens (tertiary/aromatic N) is 7. The van der Waals surface area contributed by atoms with E-state index in [9.17, 15) is 4.57 Å². The van der Waals surface area contributed by atoms with Crippen LogP contribution in [-0.2, 0) is 11.6 Å². The number of fused-ring (bicyclic) bond motifs is 1. The van der Waals surface area contributed by atoms with Crippen LogP contribution in [0.5, 0.6) is 5.75 Å². The normalized spacial score (nSPS) is 12.2. The summed E-state index contributed by atoms with van der Waals surface area (Å²) in [4.78, 5) is 19.0. The highest BCUT2D eigenvalue weighted by Crippen LogP contribution is 2.44. The summed E-state index contributed by atoms with van der Waals surface area (Å²) in [5.74, 6) is 0.888. The van der Waals surface area contributed by atoms with Crippen molar-refractivity contribution in [2.75, 3.05) is 36.0 Å². The molecule has 5 aromatic rings. The molecule has 3 heterocycles. The van der Waals surface area contributed by atoms with Gasteiger partial charge in [0.1, 0.15) is 24.2 Å². The largest absolute Gasteiger partial charge is 0.494 e. The molecular formula is C27H23B6BrN9O2P. The van der Waals surface area contributed by atoms with E-state index in [-0.39, 0.29) is 11.6 Å². The van der Waals surface area contributed by atoms with Crippen LogP contribution in [0.15, 0.2) is 59.7 Å². The predicted octanol–water partition coefficient (Wildman–Crippen LogP) is 2.37. The van der Waals surface area contributed by atoms with Gasteiger partial charge >= 0.3 is 0 Å². The van der Waals surface area contributed by atoms with E-state index in [0.29, 0.717) is 54.9 Å². The molecular weight excluding hydrogens is 658 g/mol. The summed E-state index contributed by atoms with van der Waals surface area (Å²) in [7, 11) is 36.8. The first-order chi connectivity index (χ1) is 21.5. The molecule has 0 unspecified atom stereocenters. The quantitative estimate of drug-likeness (QED) is 0.168. The molecule has 218 valence electrons. The highest BCUT2D eigenvalue weighted by molar-refractivity contribution is 9.10. The number of aromatic nitrogens is 6. The lowest BCUT2D eigenvalue weighted by molar-refractivity contribution is 0.417. The van der Waals surface area contributed by atoms with Crippen molar-refractivity contribution < 1.29 is 9.30 Å². The third-order valence-electron chi connectivity index (χ3n) is 6.75. The topological polar surface area (TPSA) is 123 Å². The van der Waals surface area contributed by atoms with Gasteiger partial charge in [-0.3, -0.25) is 14.6 Å². The Hall–Kier alpha value is -3.63. The van der Waals surface area contributed by atoms with E-state index in [2.05, 4.69) is 51.6 Å². The zero-order valence-electron chi connectivity index (χ0n) is 25.4. The van der Waals surface area contributed by atoms with Crippen LogP contribution >= 0.6 is 23.1 Å². The van der Waals surface area contributed by atoms with Crippen molar-refractivity contribution >= 4 is 115 Å². The molecule has 0 bridgehead atoms. The van der Waals surface area contributed by atoms with Gasteiger partial charge in [0.15, 0.2) is 0 Å². The first kappa shape index (κ1) is 33.7. The molecule has 0 spiro atoms. The molecule has 0 saturated carbocycles. The Morgan fingerprint density at radius 2 is 1.65 bits per heavy atom. The molecule has 0 saturated heterocycles. The summed E-state index contributed by atoms with van der Waals surface area (Å²) in [5.41, 5.74) is 3.59. The van der Waals surface area contributed by atoms with Crippen molar-refractivity contribution in [1.82, 2.24) is 29.7 Å². The summed E-state index contributed by atoms with van der Waals surface area (Å²) in [5, 5.41) is 7.15. The maximum Gasteiger partial charge on any atom is 0.229 e. The average molecular weight is 681 g/mol. The number of hydrogen-bond acceptors (Lipinski definition) is 10. The van der Waals surface area contributed by atoms with Gasteiger partial charge in [0.2, 0.25) is 5.95 Å². The van der Waals surface area contributed by atoms with E-state index in [1.807, 2.05) is 0 Å². The number of anilines is 5. The number of aryl methyl sites for hydroxylation is 1. The molecule has 5 rings (SSSR count). The van der Waals surface area contributed by atoms with Crippen LogP contribution in [0, 0.1) is 0 Å². The number of ether oxygens (including phenoxy) is 1. The van der Waals surface area contributed by atoms with Crippen molar-refractivity contribution in [2.45, 2.75) is 10.5 Å². The fourth-order valence-electron chi connectivity index (χ4n) is 5.00. The first-order valence-electron chi connectivity index (χ1n) is 13.6. The predicted molar refractivity (Wildman–Crippen MR) is 193 cm³/mol. The molecule has 0 aliphatic carbocycles. The van der Waals surface area contributed by atoms with E-state index >= 15 is 0 Å². The summed E-state index contributed by atoms with van der Waals surface area (Å²) in [6, 6.07) is 6.89. The minimum absolute atomic E-state index is 0.195. The monoisotopic (exact) mass is 681 g/mol. The van der Waals surface area contributed by atoms with Gasteiger partial charge in [0, 0.05) is 54.7 Å². The number of hydrogen-bond donors (Lipinski definition) is 2. The van der Waals surface area contributed by atoms with Gasteiger partial charge in [-0.2, -0.15) is 10.1 Å². The lowest BCUT2D eigenvalue weighted by atomic mass is 9.40. The maximum atomic E-state index is 13.4. The summed E-state index contributed by atoms with van der Waals surface area (Å²) < 4.78 is 21.3. The van der Waals surface area contributed by atoms with Crippen molar-refractivity contribution in [3.8, 4) is 16.9 Å². The third kappa shape index (κ3) is 7.03. The minimum Gasteiger partial charge on any atom is -0.494 e. The molecule has 0 aliphatic heterocycles. The molecule has 0 aliphatic rings. The zero-order chi connectivity index (χ0) is 33.6.